The summed E-state index contributed by atoms with van der Waals surface area (Å²) in [4.78, 5) is 32.0. The average molecular weight is 577 g/mol. The van der Waals surface area contributed by atoms with Crippen molar-refractivity contribution in [3.05, 3.63) is 57.6 Å². The smallest absolute Gasteiger partial charge is 0.253 e. The molecule has 0 bridgehead atoms. The van der Waals surface area contributed by atoms with Crippen molar-refractivity contribution in [1.82, 2.24) is 14.7 Å². The standard InChI is InChI=1S/C30H36Cl2FN3O3/c31-27-18-23(20-1-3-21(4-2-20)29(38)35-15-13-34(12-10-33)14-16-35)19-28(32)26(27)17-22-9-11-36(30(22)39)24-5-7-25(37)8-6-24/h1-4,18-19,22,24-25,37H,5-17H2/t22-,24-,25-/m0/s1. The molecule has 2 amide bonds. The van der Waals surface area contributed by atoms with E-state index in [9.17, 15) is 19.1 Å². The number of rotatable bonds is 7. The molecule has 2 saturated heterocycles. The van der Waals surface area contributed by atoms with Gasteiger partial charge < -0.3 is 14.9 Å². The number of alkyl halides is 1. The average Bonchev–Trinajstić information content (AvgIpc) is 3.31. The summed E-state index contributed by atoms with van der Waals surface area (Å²) in [6.07, 6.45) is 4.28. The Morgan fingerprint density at radius 1 is 0.897 bits per heavy atom. The van der Waals surface area contributed by atoms with Crippen LogP contribution in [0.15, 0.2) is 36.4 Å². The number of carbonyl (C=O) groups excluding carboxylic acids is 2. The molecule has 210 valence electrons. The predicted molar refractivity (Wildman–Crippen MR) is 152 cm³/mol. The van der Waals surface area contributed by atoms with E-state index in [0.29, 0.717) is 54.8 Å². The van der Waals surface area contributed by atoms with Gasteiger partial charge in [-0.2, -0.15) is 0 Å². The lowest BCUT2D eigenvalue weighted by atomic mass is 9.92. The number of hydrogen-bond donors (Lipinski definition) is 1. The van der Waals surface area contributed by atoms with Crippen molar-refractivity contribution in [1.29, 1.82) is 0 Å². The highest BCUT2D eigenvalue weighted by Crippen LogP contribution is 2.36. The molecule has 2 aromatic rings. The molecule has 0 aromatic heterocycles. The fourth-order valence-corrected chi connectivity index (χ4v) is 6.82. The zero-order chi connectivity index (χ0) is 27.5. The molecule has 1 atom stereocenters. The number of aliphatic hydroxyl groups is 1. The van der Waals surface area contributed by atoms with Gasteiger partial charge in [-0.25, -0.2) is 4.39 Å². The van der Waals surface area contributed by atoms with Crippen LogP contribution in [0.3, 0.4) is 0 Å². The monoisotopic (exact) mass is 575 g/mol. The maximum Gasteiger partial charge on any atom is 0.253 e. The van der Waals surface area contributed by atoms with Gasteiger partial charge in [0.05, 0.1) is 6.10 Å². The number of carbonyl (C=O) groups is 2. The van der Waals surface area contributed by atoms with Crippen LogP contribution in [-0.4, -0.2) is 89.7 Å². The molecule has 3 fully saturated rings. The van der Waals surface area contributed by atoms with E-state index in [1.807, 2.05) is 51.1 Å². The Kier molecular flexibility index (Phi) is 9.12. The molecular weight excluding hydrogens is 540 g/mol. The van der Waals surface area contributed by atoms with E-state index < -0.39 is 0 Å². The third-order valence-corrected chi connectivity index (χ3v) is 9.25. The van der Waals surface area contributed by atoms with E-state index in [2.05, 4.69) is 0 Å². The zero-order valence-electron chi connectivity index (χ0n) is 22.1. The van der Waals surface area contributed by atoms with Gasteiger partial charge in [0.25, 0.3) is 5.91 Å². The lowest BCUT2D eigenvalue weighted by Gasteiger charge is -2.34. The zero-order valence-corrected chi connectivity index (χ0v) is 23.6. The van der Waals surface area contributed by atoms with Gasteiger partial charge in [0.1, 0.15) is 6.67 Å². The topological polar surface area (TPSA) is 64.1 Å². The second-order valence-electron chi connectivity index (χ2n) is 11.0. The minimum absolute atomic E-state index is 0.0208. The van der Waals surface area contributed by atoms with Crippen molar-refractivity contribution in [3.8, 4) is 11.1 Å². The predicted octanol–water partition coefficient (Wildman–Crippen LogP) is 5.08. The Morgan fingerprint density at radius 3 is 2.15 bits per heavy atom. The van der Waals surface area contributed by atoms with Crippen LogP contribution >= 0.6 is 23.2 Å². The first-order valence-corrected chi connectivity index (χ1v) is 14.7. The van der Waals surface area contributed by atoms with Crippen LogP contribution in [0, 0.1) is 5.92 Å². The summed E-state index contributed by atoms with van der Waals surface area (Å²) in [7, 11) is 0. The maximum absolute atomic E-state index is 13.2. The van der Waals surface area contributed by atoms with Gasteiger partial charge in [0.2, 0.25) is 5.91 Å². The molecule has 2 aliphatic heterocycles. The summed E-state index contributed by atoms with van der Waals surface area (Å²) in [6, 6.07) is 11.4. The highest BCUT2D eigenvalue weighted by Gasteiger charge is 2.37. The minimum atomic E-state index is -0.366. The van der Waals surface area contributed by atoms with Crippen molar-refractivity contribution >= 4 is 35.0 Å². The quantitative estimate of drug-likeness (QED) is 0.500. The molecular formula is C30H36Cl2FN3O3. The molecule has 6 nitrogen and oxygen atoms in total. The van der Waals surface area contributed by atoms with E-state index >= 15 is 0 Å². The van der Waals surface area contributed by atoms with Gasteiger partial charge >= 0.3 is 0 Å². The van der Waals surface area contributed by atoms with E-state index in [1.54, 1.807) is 0 Å². The Hall–Kier alpha value is -2.19. The van der Waals surface area contributed by atoms with Crippen molar-refractivity contribution in [2.75, 3.05) is 45.9 Å². The fourth-order valence-electron chi connectivity index (χ4n) is 6.18. The molecule has 1 N–H and O–H groups in total. The number of aliphatic hydroxyl groups excluding tert-OH is 1. The van der Waals surface area contributed by atoms with Crippen molar-refractivity contribution in [2.24, 2.45) is 5.92 Å². The summed E-state index contributed by atoms with van der Waals surface area (Å²) < 4.78 is 12.6. The van der Waals surface area contributed by atoms with E-state index in [0.717, 1.165) is 55.3 Å². The molecule has 9 heteroatoms. The third-order valence-electron chi connectivity index (χ3n) is 8.57. The molecule has 5 rings (SSSR count). The van der Waals surface area contributed by atoms with Crippen molar-refractivity contribution in [2.45, 2.75) is 50.7 Å². The van der Waals surface area contributed by atoms with Crippen LogP contribution in [0.4, 0.5) is 4.39 Å². The van der Waals surface area contributed by atoms with Crippen LogP contribution in [0.2, 0.25) is 10.0 Å². The van der Waals surface area contributed by atoms with Crippen LogP contribution in [0.5, 0.6) is 0 Å². The van der Waals surface area contributed by atoms with E-state index in [-0.39, 0.29) is 36.6 Å². The van der Waals surface area contributed by atoms with Gasteiger partial charge in [-0.05, 0) is 79.5 Å². The van der Waals surface area contributed by atoms with E-state index in [4.69, 9.17) is 23.2 Å². The highest BCUT2D eigenvalue weighted by molar-refractivity contribution is 6.36. The Bertz CT molecular complexity index is 1160. The summed E-state index contributed by atoms with van der Waals surface area (Å²) >= 11 is 13.4. The van der Waals surface area contributed by atoms with Gasteiger partial charge in [0.15, 0.2) is 0 Å². The first-order chi connectivity index (χ1) is 18.8. The first kappa shape index (κ1) is 28.3. The Balaban J connectivity index is 1.22. The van der Waals surface area contributed by atoms with Gasteiger partial charge in [-0.1, -0.05) is 35.3 Å². The fraction of sp³-hybridized carbons (Fsp3) is 0.533. The Morgan fingerprint density at radius 2 is 1.54 bits per heavy atom. The normalized spacial score (nSPS) is 24.4. The summed E-state index contributed by atoms with van der Waals surface area (Å²) in [6.45, 7) is 3.36. The van der Waals surface area contributed by atoms with Crippen molar-refractivity contribution in [3.63, 3.8) is 0 Å². The van der Waals surface area contributed by atoms with E-state index in [1.165, 1.54) is 0 Å². The number of halogens is 3. The molecule has 0 unspecified atom stereocenters. The number of amides is 2. The first-order valence-electron chi connectivity index (χ1n) is 14.0. The molecule has 39 heavy (non-hydrogen) atoms. The molecule has 1 aliphatic carbocycles. The molecule has 3 aliphatic rings. The van der Waals surface area contributed by atoms with Crippen LogP contribution in [0.1, 0.15) is 48.0 Å². The van der Waals surface area contributed by atoms with Crippen LogP contribution in [-0.2, 0) is 11.2 Å². The Labute approximate surface area is 239 Å². The lowest BCUT2D eigenvalue weighted by Crippen LogP contribution is -2.49. The number of hydrogen-bond acceptors (Lipinski definition) is 4. The summed E-state index contributed by atoms with van der Waals surface area (Å²) in [5.74, 6) is 0.00561. The largest absolute Gasteiger partial charge is 0.393 e. The summed E-state index contributed by atoms with van der Waals surface area (Å²) in [5, 5.41) is 10.9. The maximum atomic E-state index is 13.2. The lowest BCUT2D eigenvalue weighted by molar-refractivity contribution is -0.133. The SMILES string of the molecule is O=C(c1ccc(-c2cc(Cl)c(C[C@@H]3CCN([C@H]4CC[C@H](O)CC4)C3=O)c(Cl)c2)cc1)N1CCN(CCF)CC1. The third kappa shape index (κ3) is 6.43. The van der Waals surface area contributed by atoms with Crippen LogP contribution in [0.25, 0.3) is 11.1 Å². The number of benzene rings is 2. The number of nitrogens with zero attached hydrogens (tertiary/aromatic N) is 3. The van der Waals surface area contributed by atoms with Gasteiger partial charge in [-0.3, -0.25) is 14.5 Å². The molecule has 0 radical (unpaired) electrons. The molecule has 2 heterocycles. The number of piperazine rings is 1. The molecule has 2 aromatic carbocycles. The second-order valence-corrected chi connectivity index (χ2v) is 11.8. The van der Waals surface area contributed by atoms with Gasteiger partial charge in [0, 0.05) is 66.8 Å². The molecule has 1 saturated carbocycles. The summed E-state index contributed by atoms with van der Waals surface area (Å²) in [5.41, 5.74) is 3.16. The van der Waals surface area contributed by atoms with Gasteiger partial charge in [-0.15, -0.1) is 0 Å². The second kappa shape index (κ2) is 12.5. The highest BCUT2D eigenvalue weighted by atomic mass is 35.5. The molecule has 0 spiro atoms. The van der Waals surface area contributed by atoms with Crippen LogP contribution < -0.4 is 0 Å². The number of likely N-dealkylation sites (tertiary alicyclic amines) is 1. The minimum Gasteiger partial charge on any atom is -0.393 e. The van der Waals surface area contributed by atoms with Crippen molar-refractivity contribution < 1.29 is 19.1 Å².